The van der Waals surface area contributed by atoms with E-state index in [9.17, 15) is 4.79 Å². The fourth-order valence-electron chi connectivity index (χ4n) is 0.917. The lowest BCUT2D eigenvalue weighted by molar-refractivity contribution is 0.0377. The predicted octanol–water partition coefficient (Wildman–Crippen LogP) is 1.99. The van der Waals surface area contributed by atoms with E-state index >= 15 is 0 Å². The molecule has 0 unspecified atom stereocenters. The molecule has 0 bridgehead atoms. The molecule has 1 heterocycles. The van der Waals surface area contributed by atoms with E-state index < -0.39 is 5.97 Å². The van der Waals surface area contributed by atoms with Gasteiger partial charge in [-0.05, 0) is 41.9 Å². The minimum atomic E-state index is -0.394. The van der Waals surface area contributed by atoms with Gasteiger partial charge in [0.15, 0.2) is 0 Å². The number of nitrogens with two attached hydrogens (primary N) is 1. The molecule has 0 aliphatic carbocycles. The molecule has 0 aromatic carbocycles. The lowest BCUT2D eigenvalue weighted by Gasteiger charge is -2.08. The van der Waals surface area contributed by atoms with Gasteiger partial charge in [0, 0.05) is 0 Å². The third-order valence-corrected chi connectivity index (χ3v) is 1.80. The van der Waals surface area contributed by atoms with E-state index in [0.29, 0.717) is 10.2 Å². The summed E-state index contributed by atoms with van der Waals surface area (Å²) < 4.78 is 5.52. The van der Waals surface area contributed by atoms with E-state index in [1.54, 1.807) is 19.9 Å². The van der Waals surface area contributed by atoms with Gasteiger partial charge in [0.25, 0.3) is 0 Å². The number of carbonyl (C=O) groups excluding carboxylic acids is 1. The summed E-state index contributed by atoms with van der Waals surface area (Å²) in [5, 5.41) is 0. The largest absolute Gasteiger partial charge is 0.459 e. The maximum Gasteiger partial charge on any atom is 0.338 e. The fourth-order valence-corrected chi connectivity index (χ4v) is 1.37. The van der Waals surface area contributed by atoms with Gasteiger partial charge < -0.3 is 10.5 Å². The highest BCUT2D eigenvalue weighted by atomic mass is 79.9. The van der Waals surface area contributed by atoms with Crippen LogP contribution in [0.4, 0.5) is 5.82 Å². The van der Waals surface area contributed by atoms with Crippen molar-refractivity contribution in [2.45, 2.75) is 20.0 Å². The summed E-state index contributed by atoms with van der Waals surface area (Å²) >= 11 is 3.15. The zero-order valence-electron chi connectivity index (χ0n) is 7.95. The number of nitrogen functional groups attached to an aromatic ring is 1. The van der Waals surface area contributed by atoms with Crippen molar-refractivity contribution < 1.29 is 9.53 Å². The summed E-state index contributed by atoms with van der Waals surface area (Å²) in [5.74, 6) is -0.107. The van der Waals surface area contributed by atoms with E-state index in [-0.39, 0.29) is 11.9 Å². The molecule has 0 spiro atoms. The van der Waals surface area contributed by atoms with Crippen molar-refractivity contribution >= 4 is 27.7 Å². The highest BCUT2D eigenvalue weighted by Gasteiger charge is 2.10. The van der Waals surface area contributed by atoms with Crippen LogP contribution in [-0.4, -0.2) is 17.1 Å². The fraction of sp³-hybridized carbons (Fsp3) is 0.333. The van der Waals surface area contributed by atoms with Crippen molar-refractivity contribution in [3.05, 3.63) is 22.3 Å². The van der Waals surface area contributed by atoms with Crippen LogP contribution in [0.3, 0.4) is 0 Å². The molecule has 0 amide bonds. The number of carbonyl (C=O) groups is 1. The first kappa shape index (κ1) is 11.0. The molecule has 0 aliphatic heterocycles. The minimum Gasteiger partial charge on any atom is -0.459 e. The maximum absolute atomic E-state index is 11.4. The third-order valence-electron chi connectivity index (χ3n) is 1.39. The van der Waals surface area contributed by atoms with E-state index in [1.165, 1.54) is 6.07 Å². The molecule has 76 valence electrons. The molecular formula is C9H11BrN2O2. The first-order valence-electron chi connectivity index (χ1n) is 4.13. The molecule has 1 aromatic rings. The third kappa shape index (κ3) is 2.99. The monoisotopic (exact) mass is 258 g/mol. The van der Waals surface area contributed by atoms with Gasteiger partial charge in [-0.15, -0.1) is 0 Å². The number of aromatic nitrogens is 1. The topological polar surface area (TPSA) is 65.2 Å². The minimum absolute atomic E-state index is 0.143. The molecule has 5 heteroatoms. The average Bonchev–Trinajstić information content (AvgIpc) is 2.00. The summed E-state index contributed by atoms with van der Waals surface area (Å²) in [6.07, 6.45) is -0.143. The number of hydrogen-bond acceptors (Lipinski definition) is 4. The van der Waals surface area contributed by atoms with Gasteiger partial charge in [0.1, 0.15) is 10.4 Å². The number of nitrogens with zero attached hydrogens (tertiary/aromatic N) is 1. The van der Waals surface area contributed by atoms with E-state index in [4.69, 9.17) is 10.5 Å². The van der Waals surface area contributed by atoms with E-state index in [1.807, 2.05) is 0 Å². The van der Waals surface area contributed by atoms with Crippen LogP contribution in [0, 0.1) is 0 Å². The van der Waals surface area contributed by atoms with Crippen LogP contribution >= 0.6 is 15.9 Å². The molecule has 0 atom stereocenters. The van der Waals surface area contributed by atoms with Crippen molar-refractivity contribution in [1.29, 1.82) is 0 Å². The Morgan fingerprint density at radius 3 is 2.71 bits per heavy atom. The Balaban J connectivity index is 2.90. The molecule has 2 N–H and O–H groups in total. The summed E-state index contributed by atoms with van der Waals surface area (Å²) in [6.45, 7) is 3.58. The van der Waals surface area contributed by atoms with Crippen LogP contribution < -0.4 is 5.73 Å². The Hall–Kier alpha value is -1.10. The summed E-state index contributed by atoms with van der Waals surface area (Å²) in [6, 6.07) is 3.05. The van der Waals surface area contributed by atoms with Crippen LogP contribution in [0.1, 0.15) is 24.2 Å². The number of halogens is 1. The first-order valence-corrected chi connectivity index (χ1v) is 4.92. The van der Waals surface area contributed by atoms with Gasteiger partial charge in [-0.3, -0.25) is 0 Å². The molecule has 0 saturated carbocycles. The van der Waals surface area contributed by atoms with Gasteiger partial charge in [0.2, 0.25) is 0 Å². The van der Waals surface area contributed by atoms with Crippen molar-refractivity contribution in [2.75, 3.05) is 5.73 Å². The first-order chi connectivity index (χ1) is 6.49. The quantitative estimate of drug-likeness (QED) is 0.651. The van der Waals surface area contributed by atoms with E-state index in [2.05, 4.69) is 20.9 Å². The molecular weight excluding hydrogens is 248 g/mol. The highest BCUT2D eigenvalue weighted by molar-refractivity contribution is 9.10. The van der Waals surface area contributed by atoms with Crippen LogP contribution in [0.25, 0.3) is 0 Å². The Labute approximate surface area is 90.6 Å². The van der Waals surface area contributed by atoms with Crippen molar-refractivity contribution in [3.8, 4) is 0 Å². The molecule has 1 aromatic heterocycles. The molecule has 4 nitrogen and oxygen atoms in total. The van der Waals surface area contributed by atoms with Crippen molar-refractivity contribution in [2.24, 2.45) is 0 Å². The molecule has 14 heavy (non-hydrogen) atoms. The molecule has 0 radical (unpaired) electrons. The van der Waals surface area contributed by atoms with Crippen LogP contribution in [0.15, 0.2) is 16.7 Å². The number of pyridine rings is 1. The Morgan fingerprint density at radius 1 is 1.57 bits per heavy atom. The zero-order valence-corrected chi connectivity index (χ0v) is 9.54. The second kappa shape index (κ2) is 4.41. The van der Waals surface area contributed by atoms with Crippen molar-refractivity contribution in [1.82, 2.24) is 4.98 Å². The van der Waals surface area contributed by atoms with E-state index in [0.717, 1.165) is 0 Å². The molecule has 0 fully saturated rings. The van der Waals surface area contributed by atoms with Crippen LogP contribution in [-0.2, 0) is 4.74 Å². The molecule has 0 aliphatic rings. The number of esters is 1. The van der Waals surface area contributed by atoms with Crippen molar-refractivity contribution in [3.63, 3.8) is 0 Å². The highest BCUT2D eigenvalue weighted by Crippen LogP contribution is 2.14. The second-order valence-electron chi connectivity index (χ2n) is 3.06. The maximum atomic E-state index is 11.4. The second-order valence-corrected chi connectivity index (χ2v) is 3.87. The number of anilines is 1. The Morgan fingerprint density at radius 2 is 2.21 bits per heavy atom. The lowest BCUT2D eigenvalue weighted by Crippen LogP contribution is -2.12. The Bertz CT molecular complexity index is 332. The van der Waals surface area contributed by atoms with Crippen LogP contribution in [0.2, 0.25) is 0 Å². The van der Waals surface area contributed by atoms with Gasteiger partial charge in [-0.2, -0.15) is 0 Å². The number of ether oxygens (including phenoxy) is 1. The predicted molar refractivity (Wildman–Crippen MR) is 56.9 cm³/mol. The average molecular weight is 259 g/mol. The summed E-state index contributed by atoms with van der Waals surface area (Å²) in [7, 11) is 0. The summed E-state index contributed by atoms with van der Waals surface area (Å²) in [5.41, 5.74) is 5.88. The molecule has 0 saturated heterocycles. The zero-order chi connectivity index (χ0) is 10.7. The number of hydrogen-bond donors (Lipinski definition) is 1. The SMILES string of the molecule is CC(C)OC(=O)c1cc(N)nc(Br)c1. The lowest BCUT2D eigenvalue weighted by atomic mass is 10.2. The standard InChI is InChI=1S/C9H11BrN2O2/c1-5(2)14-9(13)6-3-7(10)12-8(11)4-6/h3-5H,1-2H3,(H2,11,12). The van der Waals surface area contributed by atoms with Gasteiger partial charge in [0.05, 0.1) is 11.7 Å². The normalized spacial score (nSPS) is 10.3. The smallest absolute Gasteiger partial charge is 0.338 e. The van der Waals surface area contributed by atoms with Gasteiger partial charge in [-0.25, -0.2) is 9.78 Å². The van der Waals surface area contributed by atoms with Gasteiger partial charge >= 0.3 is 5.97 Å². The molecule has 1 rings (SSSR count). The summed E-state index contributed by atoms with van der Waals surface area (Å²) in [4.78, 5) is 15.3. The Kier molecular flexibility index (Phi) is 3.46. The number of rotatable bonds is 2. The van der Waals surface area contributed by atoms with Gasteiger partial charge in [-0.1, -0.05) is 0 Å². The van der Waals surface area contributed by atoms with Crippen LogP contribution in [0.5, 0.6) is 0 Å².